The highest BCUT2D eigenvalue weighted by atomic mass is 32.2. The fourth-order valence-electron chi connectivity index (χ4n) is 3.40. The standard InChI is InChI=1S/C20H19FN4O3S/c21-14-11-17(19-18(12-14)22-7-8-23-19)20(26)24-15-5-4-6-16(13-15)29(27,28)25-9-2-1-3-10-25/h4-8,11-13H,1-3,9-10H2,(H,24,26). The van der Waals surface area contributed by atoms with Crippen LogP contribution in [0.4, 0.5) is 10.1 Å². The van der Waals surface area contributed by atoms with Gasteiger partial charge in [0.05, 0.1) is 16.0 Å². The molecule has 0 saturated carbocycles. The summed E-state index contributed by atoms with van der Waals surface area (Å²) in [6.07, 6.45) is 5.53. The number of hydrogen-bond donors (Lipinski definition) is 1. The first-order valence-electron chi connectivity index (χ1n) is 9.27. The van der Waals surface area contributed by atoms with Crippen LogP contribution in [0, 0.1) is 5.82 Å². The van der Waals surface area contributed by atoms with E-state index in [9.17, 15) is 17.6 Å². The van der Waals surface area contributed by atoms with Gasteiger partial charge in [0, 0.05) is 37.2 Å². The maximum absolute atomic E-state index is 13.9. The molecule has 2 heterocycles. The van der Waals surface area contributed by atoms with Crippen molar-refractivity contribution in [2.45, 2.75) is 24.2 Å². The number of aromatic nitrogens is 2. The van der Waals surface area contributed by atoms with Crippen molar-refractivity contribution in [2.24, 2.45) is 0 Å². The molecule has 3 aromatic rings. The minimum Gasteiger partial charge on any atom is -0.322 e. The van der Waals surface area contributed by atoms with E-state index in [0.29, 0.717) is 18.8 Å². The second-order valence-corrected chi connectivity index (χ2v) is 8.76. The lowest BCUT2D eigenvalue weighted by Gasteiger charge is -2.26. The predicted molar refractivity (Wildman–Crippen MR) is 107 cm³/mol. The van der Waals surface area contributed by atoms with Gasteiger partial charge in [-0.3, -0.25) is 14.8 Å². The summed E-state index contributed by atoms with van der Waals surface area (Å²) in [5.74, 6) is -1.20. The summed E-state index contributed by atoms with van der Waals surface area (Å²) >= 11 is 0. The number of sulfonamides is 1. The average molecular weight is 414 g/mol. The molecule has 1 N–H and O–H groups in total. The molecule has 2 aromatic carbocycles. The second kappa shape index (κ2) is 7.84. The molecule has 1 aliphatic rings. The number of nitrogens with one attached hydrogen (secondary N) is 1. The van der Waals surface area contributed by atoms with Crippen molar-refractivity contribution < 1.29 is 17.6 Å². The Hall–Kier alpha value is -2.91. The first kappa shape index (κ1) is 19.4. The van der Waals surface area contributed by atoms with Crippen molar-refractivity contribution in [3.05, 3.63) is 60.2 Å². The summed E-state index contributed by atoms with van der Waals surface area (Å²) < 4.78 is 41.1. The van der Waals surface area contributed by atoms with Crippen molar-refractivity contribution in [1.82, 2.24) is 14.3 Å². The minimum absolute atomic E-state index is 0.0254. The SMILES string of the molecule is O=C(Nc1cccc(S(=O)(=O)N2CCCCC2)c1)c1cc(F)cc2nccnc12. The van der Waals surface area contributed by atoms with Gasteiger partial charge in [0.1, 0.15) is 11.3 Å². The molecule has 9 heteroatoms. The number of fused-ring (bicyclic) bond motifs is 1. The van der Waals surface area contributed by atoms with Gasteiger partial charge in [-0.15, -0.1) is 0 Å². The molecule has 1 aromatic heterocycles. The van der Waals surface area contributed by atoms with E-state index >= 15 is 0 Å². The second-order valence-electron chi connectivity index (χ2n) is 6.82. The van der Waals surface area contributed by atoms with Crippen LogP contribution in [0.3, 0.4) is 0 Å². The smallest absolute Gasteiger partial charge is 0.258 e. The van der Waals surface area contributed by atoms with Crippen LogP contribution in [0.5, 0.6) is 0 Å². The van der Waals surface area contributed by atoms with Gasteiger partial charge in [-0.25, -0.2) is 12.8 Å². The Morgan fingerprint density at radius 2 is 1.79 bits per heavy atom. The lowest BCUT2D eigenvalue weighted by Crippen LogP contribution is -2.35. The van der Waals surface area contributed by atoms with Crippen LogP contribution in [0.25, 0.3) is 11.0 Å². The maximum atomic E-state index is 13.9. The van der Waals surface area contributed by atoms with Gasteiger partial charge in [0.25, 0.3) is 5.91 Å². The van der Waals surface area contributed by atoms with E-state index in [4.69, 9.17) is 0 Å². The Labute approximate surface area is 167 Å². The molecule has 0 aliphatic carbocycles. The molecule has 150 valence electrons. The Morgan fingerprint density at radius 1 is 1.03 bits per heavy atom. The van der Waals surface area contributed by atoms with E-state index in [1.54, 1.807) is 12.1 Å². The molecule has 1 aliphatic heterocycles. The Bertz CT molecular complexity index is 1180. The first-order chi connectivity index (χ1) is 13.9. The molecular weight excluding hydrogens is 395 g/mol. The normalized spacial score (nSPS) is 15.3. The van der Waals surface area contributed by atoms with Gasteiger partial charge in [0.2, 0.25) is 10.0 Å². The molecule has 1 amide bonds. The third-order valence-electron chi connectivity index (χ3n) is 4.83. The van der Waals surface area contributed by atoms with Gasteiger partial charge in [0.15, 0.2) is 0 Å². The fourth-order valence-corrected chi connectivity index (χ4v) is 4.96. The topological polar surface area (TPSA) is 92.3 Å². The number of anilines is 1. The van der Waals surface area contributed by atoms with E-state index in [1.807, 2.05) is 0 Å². The zero-order chi connectivity index (χ0) is 20.4. The highest BCUT2D eigenvalue weighted by molar-refractivity contribution is 7.89. The van der Waals surface area contributed by atoms with Crippen LogP contribution in [-0.4, -0.2) is 41.7 Å². The summed E-state index contributed by atoms with van der Waals surface area (Å²) in [6, 6.07) is 8.35. The van der Waals surface area contributed by atoms with Gasteiger partial charge in [-0.1, -0.05) is 12.5 Å². The number of nitrogens with zero attached hydrogens (tertiary/aromatic N) is 3. The molecule has 0 unspecified atom stereocenters. The molecule has 0 atom stereocenters. The Kier molecular flexibility index (Phi) is 5.25. The predicted octanol–water partition coefficient (Wildman–Crippen LogP) is 3.20. The van der Waals surface area contributed by atoms with Gasteiger partial charge in [-0.2, -0.15) is 4.31 Å². The number of carbonyl (C=O) groups excluding carboxylic acids is 1. The third-order valence-corrected chi connectivity index (χ3v) is 6.72. The third kappa shape index (κ3) is 3.96. The Balaban J connectivity index is 1.63. The number of halogens is 1. The molecule has 29 heavy (non-hydrogen) atoms. The van der Waals surface area contributed by atoms with Gasteiger partial charge < -0.3 is 5.32 Å². The average Bonchev–Trinajstić information content (AvgIpc) is 2.74. The lowest BCUT2D eigenvalue weighted by molar-refractivity contribution is 0.102. The number of amides is 1. The lowest BCUT2D eigenvalue weighted by atomic mass is 10.1. The molecule has 1 fully saturated rings. The van der Waals surface area contributed by atoms with Crippen LogP contribution in [0.2, 0.25) is 0 Å². The van der Waals surface area contributed by atoms with Crippen molar-refractivity contribution >= 4 is 32.7 Å². The fraction of sp³-hybridized carbons (Fsp3) is 0.250. The van der Waals surface area contributed by atoms with Crippen LogP contribution >= 0.6 is 0 Å². The number of rotatable bonds is 4. The molecule has 7 nitrogen and oxygen atoms in total. The highest BCUT2D eigenvalue weighted by Gasteiger charge is 2.26. The molecule has 1 saturated heterocycles. The Morgan fingerprint density at radius 3 is 2.59 bits per heavy atom. The van der Waals surface area contributed by atoms with E-state index in [2.05, 4.69) is 15.3 Å². The molecule has 0 radical (unpaired) electrons. The molecule has 0 spiro atoms. The van der Waals surface area contributed by atoms with Gasteiger partial charge >= 0.3 is 0 Å². The zero-order valence-electron chi connectivity index (χ0n) is 15.5. The summed E-state index contributed by atoms with van der Waals surface area (Å²) in [5.41, 5.74) is 0.856. The number of piperidine rings is 1. The molecular formula is C20H19FN4O3S. The van der Waals surface area contributed by atoms with Crippen LogP contribution in [0.1, 0.15) is 29.6 Å². The van der Waals surface area contributed by atoms with E-state index in [0.717, 1.165) is 25.3 Å². The number of benzene rings is 2. The largest absolute Gasteiger partial charge is 0.322 e. The van der Waals surface area contributed by atoms with E-state index < -0.39 is 21.7 Å². The van der Waals surface area contributed by atoms with E-state index in [1.165, 1.54) is 34.9 Å². The van der Waals surface area contributed by atoms with Crippen molar-refractivity contribution in [1.29, 1.82) is 0 Å². The maximum Gasteiger partial charge on any atom is 0.258 e. The molecule has 0 bridgehead atoms. The van der Waals surface area contributed by atoms with Crippen molar-refractivity contribution in [3.63, 3.8) is 0 Å². The summed E-state index contributed by atoms with van der Waals surface area (Å²) in [6.45, 7) is 0.986. The monoisotopic (exact) mass is 414 g/mol. The zero-order valence-corrected chi connectivity index (χ0v) is 16.3. The quantitative estimate of drug-likeness (QED) is 0.708. The highest BCUT2D eigenvalue weighted by Crippen LogP contribution is 2.24. The number of hydrogen-bond acceptors (Lipinski definition) is 5. The van der Waals surface area contributed by atoms with Crippen molar-refractivity contribution in [3.8, 4) is 0 Å². The first-order valence-corrected chi connectivity index (χ1v) is 10.7. The number of carbonyl (C=O) groups is 1. The van der Waals surface area contributed by atoms with Crippen molar-refractivity contribution in [2.75, 3.05) is 18.4 Å². The summed E-state index contributed by atoms with van der Waals surface area (Å²) in [4.78, 5) is 21.0. The molecule has 4 rings (SSSR count). The van der Waals surface area contributed by atoms with Crippen LogP contribution in [0.15, 0.2) is 53.7 Å². The van der Waals surface area contributed by atoms with Crippen LogP contribution in [-0.2, 0) is 10.0 Å². The van der Waals surface area contributed by atoms with E-state index in [-0.39, 0.29) is 21.5 Å². The van der Waals surface area contributed by atoms with Gasteiger partial charge in [-0.05, 0) is 37.1 Å². The summed E-state index contributed by atoms with van der Waals surface area (Å²) in [7, 11) is -3.63. The summed E-state index contributed by atoms with van der Waals surface area (Å²) in [5, 5.41) is 2.64. The van der Waals surface area contributed by atoms with Crippen LogP contribution < -0.4 is 5.32 Å². The minimum atomic E-state index is -3.63.